The van der Waals surface area contributed by atoms with Gasteiger partial charge in [-0.05, 0) is 0 Å². The maximum absolute atomic E-state index is 12.5. The fourth-order valence-corrected chi connectivity index (χ4v) is 1.75. The average molecular weight is 259 g/mol. The number of amides is 1. The summed E-state index contributed by atoms with van der Waals surface area (Å²) in [4.78, 5) is 28.9. The van der Waals surface area contributed by atoms with E-state index in [0.717, 1.165) is 24.2 Å². The number of carbonyl (C=O) groups excluding carboxylic acids is 1. The first-order chi connectivity index (χ1) is 7.99. The minimum absolute atomic E-state index is 0.0700. The van der Waals surface area contributed by atoms with Crippen molar-refractivity contribution in [2.45, 2.75) is 18.1 Å². The minimum atomic E-state index is -1.14. The Morgan fingerprint density at radius 3 is 2.59 bits per heavy atom. The van der Waals surface area contributed by atoms with Crippen LogP contribution in [0.3, 0.4) is 0 Å². The van der Waals surface area contributed by atoms with Gasteiger partial charge in [0, 0.05) is 12.7 Å². The van der Waals surface area contributed by atoms with E-state index in [2.05, 4.69) is 15.3 Å². The highest BCUT2D eigenvalue weighted by Gasteiger charge is 2.18. The molecule has 0 aliphatic rings. The fraction of sp³-hybridized carbons (Fsp3) is 0.333. The van der Waals surface area contributed by atoms with Gasteiger partial charge in [-0.2, -0.15) is 0 Å². The van der Waals surface area contributed by atoms with E-state index >= 15 is 0 Å². The molecular weight excluding hydrogens is 249 g/mol. The van der Waals surface area contributed by atoms with Gasteiger partial charge in [-0.15, -0.1) is 0 Å². The summed E-state index contributed by atoms with van der Waals surface area (Å²) in [6.07, 6.45) is 1.98. The van der Waals surface area contributed by atoms with Gasteiger partial charge in [0.25, 0.3) is 0 Å². The first-order valence-electron chi connectivity index (χ1n) is 4.59. The van der Waals surface area contributed by atoms with E-state index in [4.69, 9.17) is 5.11 Å². The molecule has 0 fully saturated rings. The number of nitrogens with one attached hydrogen (secondary N) is 1. The number of hydrogen-bond acceptors (Lipinski definition) is 5. The van der Waals surface area contributed by atoms with Gasteiger partial charge in [0.2, 0.25) is 5.91 Å². The lowest BCUT2D eigenvalue weighted by atomic mass is 10.3. The Labute approximate surface area is 101 Å². The molecule has 0 spiro atoms. The molecule has 0 saturated heterocycles. The second-order valence-corrected chi connectivity index (χ2v) is 4.07. The van der Waals surface area contributed by atoms with Crippen LogP contribution >= 0.6 is 11.8 Å². The number of nitrogens with zero attached hydrogens (tertiary/aromatic N) is 2. The zero-order chi connectivity index (χ0) is 12.8. The first-order valence-corrected chi connectivity index (χ1v) is 5.58. The molecule has 1 heterocycles. The summed E-state index contributed by atoms with van der Waals surface area (Å²) in [5, 5.41) is 11.3. The molecule has 6 nitrogen and oxygen atoms in total. The Balaban J connectivity index is 2.54. The normalized spacial score (nSPS) is 11.9. The predicted octanol–water partition coefficient (Wildman–Crippen LogP) is 0.297. The molecule has 0 saturated carbocycles. The molecule has 92 valence electrons. The van der Waals surface area contributed by atoms with Crippen molar-refractivity contribution in [1.82, 2.24) is 15.3 Å². The summed E-state index contributed by atoms with van der Waals surface area (Å²) < 4.78 is 12.5. The van der Waals surface area contributed by atoms with Crippen LogP contribution in [0, 0.1) is 5.82 Å². The minimum Gasteiger partial charge on any atom is -0.480 e. The van der Waals surface area contributed by atoms with Crippen molar-refractivity contribution in [3.8, 4) is 0 Å². The highest BCUT2D eigenvalue weighted by Crippen LogP contribution is 2.13. The summed E-state index contributed by atoms with van der Waals surface area (Å²) in [5.74, 6) is -2.07. The molecule has 1 aromatic rings. The van der Waals surface area contributed by atoms with Crippen LogP contribution < -0.4 is 5.32 Å². The van der Waals surface area contributed by atoms with Gasteiger partial charge in [-0.1, -0.05) is 11.8 Å². The number of carbonyl (C=O) groups is 2. The van der Waals surface area contributed by atoms with E-state index in [9.17, 15) is 14.0 Å². The molecule has 2 N–H and O–H groups in total. The molecule has 1 aromatic heterocycles. The molecule has 0 radical (unpaired) electrons. The van der Waals surface area contributed by atoms with E-state index in [1.807, 2.05) is 0 Å². The highest BCUT2D eigenvalue weighted by molar-refractivity contribution is 7.99. The predicted molar refractivity (Wildman–Crippen MR) is 58.0 cm³/mol. The second-order valence-electron chi connectivity index (χ2n) is 3.09. The van der Waals surface area contributed by atoms with Crippen LogP contribution in [0.25, 0.3) is 0 Å². The summed E-state index contributed by atoms with van der Waals surface area (Å²) in [5.41, 5.74) is 0. The highest BCUT2D eigenvalue weighted by atomic mass is 32.2. The molecule has 0 bridgehead atoms. The summed E-state index contributed by atoms with van der Waals surface area (Å²) in [7, 11) is 0. The van der Waals surface area contributed by atoms with Crippen LogP contribution in [0.2, 0.25) is 0 Å². The molecule has 0 aromatic carbocycles. The standard InChI is InChI=1S/C9H10FN3O3S/c1-5(14)13-7(8(15)16)4-17-9-11-2-6(10)3-12-9/h2-3,7H,4H2,1H3,(H,13,14)(H,15,16)/t7-/m0/s1. The number of halogens is 1. The van der Waals surface area contributed by atoms with Gasteiger partial charge in [-0.3, -0.25) is 4.79 Å². The molecule has 0 aliphatic carbocycles. The molecule has 1 rings (SSSR count). The van der Waals surface area contributed by atoms with Crippen molar-refractivity contribution in [2.75, 3.05) is 5.75 Å². The Bertz CT molecular complexity index is 412. The van der Waals surface area contributed by atoms with Crippen LogP contribution in [0.5, 0.6) is 0 Å². The third-order valence-corrected chi connectivity index (χ3v) is 2.62. The summed E-state index contributed by atoms with van der Waals surface area (Å²) in [6, 6.07) is -1.02. The van der Waals surface area contributed by atoms with E-state index in [1.165, 1.54) is 6.92 Å². The summed E-state index contributed by atoms with van der Waals surface area (Å²) >= 11 is 1.02. The van der Waals surface area contributed by atoms with Crippen molar-refractivity contribution < 1.29 is 19.1 Å². The Morgan fingerprint density at radius 2 is 2.12 bits per heavy atom. The van der Waals surface area contributed by atoms with Gasteiger partial charge < -0.3 is 10.4 Å². The molecule has 0 aliphatic heterocycles. The topological polar surface area (TPSA) is 92.2 Å². The lowest BCUT2D eigenvalue weighted by Gasteiger charge is -2.11. The lowest BCUT2D eigenvalue weighted by Crippen LogP contribution is -2.41. The molecular formula is C9H10FN3O3S. The van der Waals surface area contributed by atoms with E-state index in [0.29, 0.717) is 0 Å². The Morgan fingerprint density at radius 1 is 1.53 bits per heavy atom. The smallest absolute Gasteiger partial charge is 0.327 e. The third-order valence-electron chi connectivity index (χ3n) is 1.65. The molecule has 1 atom stereocenters. The number of carboxylic acids is 1. The van der Waals surface area contributed by atoms with E-state index < -0.39 is 23.7 Å². The maximum atomic E-state index is 12.5. The number of hydrogen-bond donors (Lipinski definition) is 2. The van der Waals surface area contributed by atoms with Crippen molar-refractivity contribution in [1.29, 1.82) is 0 Å². The molecule has 0 unspecified atom stereocenters. The monoisotopic (exact) mass is 259 g/mol. The lowest BCUT2D eigenvalue weighted by molar-refractivity contribution is -0.140. The van der Waals surface area contributed by atoms with Gasteiger partial charge in [0.05, 0.1) is 12.4 Å². The van der Waals surface area contributed by atoms with Gasteiger partial charge in [-0.25, -0.2) is 19.2 Å². The Kier molecular flexibility index (Phi) is 4.83. The Hall–Kier alpha value is -1.70. The average Bonchev–Trinajstić information content (AvgIpc) is 2.25. The van der Waals surface area contributed by atoms with Gasteiger partial charge in [0.15, 0.2) is 11.0 Å². The number of rotatable bonds is 5. The molecule has 8 heteroatoms. The quantitative estimate of drug-likeness (QED) is 0.583. The van der Waals surface area contributed by atoms with Crippen LogP contribution in [0.4, 0.5) is 4.39 Å². The van der Waals surface area contributed by atoms with Crippen LogP contribution in [0.15, 0.2) is 17.6 Å². The van der Waals surface area contributed by atoms with Gasteiger partial charge >= 0.3 is 5.97 Å². The number of aromatic nitrogens is 2. The largest absolute Gasteiger partial charge is 0.480 e. The zero-order valence-electron chi connectivity index (χ0n) is 8.88. The molecule has 1 amide bonds. The van der Waals surface area contributed by atoms with Crippen molar-refractivity contribution in [3.05, 3.63) is 18.2 Å². The van der Waals surface area contributed by atoms with Crippen molar-refractivity contribution >= 4 is 23.6 Å². The van der Waals surface area contributed by atoms with Crippen LogP contribution in [-0.2, 0) is 9.59 Å². The van der Waals surface area contributed by atoms with Crippen LogP contribution in [-0.4, -0.2) is 38.7 Å². The van der Waals surface area contributed by atoms with Crippen molar-refractivity contribution in [3.63, 3.8) is 0 Å². The fourth-order valence-electron chi connectivity index (χ4n) is 0.953. The first kappa shape index (κ1) is 13.4. The SMILES string of the molecule is CC(=O)N[C@@H](CSc1ncc(F)cn1)C(=O)O. The maximum Gasteiger partial charge on any atom is 0.327 e. The third kappa shape index (κ3) is 4.77. The number of thioether (sulfide) groups is 1. The van der Waals surface area contributed by atoms with Crippen LogP contribution in [0.1, 0.15) is 6.92 Å². The number of aliphatic carboxylic acids is 1. The van der Waals surface area contributed by atoms with E-state index in [1.54, 1.807) is 0 Å². The van der Waals surface area contributed by atoms with Gasteiger partial charge in [0.1, 0.15) is 6.04 Å². The number of carboxylic acid groups (broad SMARTS) is 1. The molecule has 17 heavy (non-hydrogen) atoms. The van der Waals surface area contributed by atoms with E-state index in [-0.39, 0.29) is 10.9 Å². The van der Waals surface area contributed by atoms with Crippen molar-refractivity contribution in [2.24, 2.45) is 0 Å². The second kappa shape index (κ2) is 6.14. The zero-order valence-corrected chi connectivity index (χ0v) is 9.70. The summed E-state index contributed by atoms with van der Waals surface area (Å²) in [6.45, 7) is 1.23.